The average Bonchev–Trinajstić information content (AvgIpc) is 3.07. The van der Waals surface area contributed by atoms with Crippen LogP contribution in [-0.4, -0.2) is 43.8 Å². The molecule has 1 aliphatic rings. The largest absolute Gasteiger partial charge is 0.352 e. The highest BCUT2D eigenvalue weighted by atomic mass is 35.5. The number of amides is 2. The lowest BCUT2D eigenvalue weighted by Crippen LogP contribution is -2.55. The van der Waals surface area contributed by atoms with Crippen molar-refractivity contribution in [2.24, 2.45) is 0 Å². The number of anilines is 1. The van der Waals surface area contributed by atoms with Crippen LogP contribution < -0.4 is 9.62 Å². The number of nitrogens with zero attached hydrogens (tertiary/aromatic N) is 2. The third-order valence-electron chi connectivity index (χ3n) is 8.83. The molecule has 0 aromatic heterocycles. The maximum absolute atomic E-state index is 14.7. The van der Waals surface area contributed by atoms with E-state index in [4.69, 9.17) is 11.6 Å². The Kier molecular flexibility index (Phi) is 11.4. The number of rotatable bonds is 12. The number of sulfonamides is 1. The van der Waals surface area contributed by atoms with Crippen molar-refractivity contribution < 1.29 is 18.0 Å². The Morgan fingerprint density at radius 2 is 1.47 bits per heavy atom. The lowest BCUT2D eigenvalue weighted by atomic mass is 9.94. The van der Waals surface area contributed by atoms with E-state index < -0.39 is 28.5 Å². The van der Waals surface area contributed by atoms with E-state index in [1.807, 2.05) is 80.6 Å². The van der Waals surface area contributed by atoms with E-state index in [9.17, 15) is 18.0 Å². The molecule has 0 aliphatic heterocycles. The number of carbonyl (C=O) groups excluding carboxylic acids is 2. The van der Waals surface area contributed by atoms with Gasteiger partial charge in [0.1, 0.15) is 12.6 Å². The van der Waals surface area contributed by atoms with E-state index in [0.29, 0.717) is 10.7 Å². The summed E-state index contributed by atoms with van der Waals surface area (Å²) in [7, 11) is -4.19. The number of halogens is 1. The molecule has 2 amide bonds. The van der Waals surface area contributed by atoms with Gasteiger partial charge in [-0.15, -0.1) is 0 Å². The first-order valence-electron chi connectivity index (χ1n) is 16.1. The molecule has 0 radical (unpaired) electrons. The van der Waals surface area contributed by atoms with Gasteiger partial charge in [0.2, 0.25) is 11.8 Å². The molecule has 0 unspecified atom stereocenters. The molecule has 0 heterocycles. The van der Waals surface area contributed by atoms with E-state index in [1.165, 1.54) is 24.3 Å². The molecule has 0 spiro atoms. The minimum atomic E-state index is -4.19. The second-order valence-corrected chi connectivity index (χ2v) is 14.6. The van der Waals surface area contributed by atoms with E-state index in [0.717, 1.165) is 58.7 Å². The molecular weight excluding hydrogens is 630 g/mol. The fourth-order valence-corrected chi connectivity index (χ4v) is 7.58. The summed E-state index contributed by atoms with van der Waals surface area (Å²) in [6.07, 6.45) is 5.33. The molecule has 1 fully saturated rings. The summed E-state index contributed by atoms with van der Waals surface area (Å²) in [6.45, 7) is 3.53. The molecular formula is C38H42ClN3O4S. The van der Waals surface area contributed by atoms with Crippen LogP contribution >= 0.6 is 11.6 Å². The Balaban J connectivity index is 1.56. The number of benzene rings is 4. The van der Waals surface area contributed by atoms with Crippen molar-refractivity contribution in [2.45, 2.75) is 75.9 Å². The molecule has 1 aliphatic carbocycles. The highest BCUT2D eigenvalue weighted by molar-refractivity contribution is 7.92. The summed E-state index contributed by atoms with van der Waals surface area (Å²) in [5.74, 6) is -0.712. The topological polar surface area (TPSA) is 86.8 Å². The van der Waals surface area contributed by atoms with Gasteiger partial charge in [-0.05, 0) is 79.8 Å². The predicted molar refractivity (Wildman–Crippen MR) is 188 cm³/mol. The molecule has 5 rings (SSSR count). The van der Waals surface area contributed by atoms with E-state index >= 15 is 0 Å². The van der Waals surface area contributed by atoms with Crippen molar-refractivity contribution in [1.29, 1.82) is 0 Å². The lowest BCUT2D eigenvalue weighted by molar-refractivity contribution is -0.140. The van der Waals surface area contributed by atoms with Crippen LogP contribution in [0.25, 0.3) is 0 Å². The second kappa shape index (κ2) is 15.6. The maximum atomic E-state index is 14.7. The van der Waals surface area contributed by atoms with E-state index in [-0.39, 0.29) is 29.8 Å². The Morgan fingerprint density at radius 1 is 0.830 bits per heavy atom. The normalized spacial score (nSPS) is 14.3. The van der Waals surface area contributed by atoms with Crippen molar-refractivity contribution in [1.82, 2.24) is 10.2 Å². The van der Waals surface area contributed by atoms with Crippen LogP contribution in [0.4, 0.5) is 5.69 Å². The quantitative estimate of drug-likeness (QED) is 0.172. The molecule has 0 saturated heterocycles. The van der Waals surface area contributed by atoms with Crippen LogP contribution in [0.2, 0.25) is 5.02 Å². The van der Waals surface area contributed by atoms with Crippen molar-refractivity contribution in [3.8, 4) is 0 Å². The van der Waals surface area contributed by atoms with Crippen LogP contribution in [0.1, 0.15) is 54.4 Å². The van der Waals surface area contributed by atoms with Crippen molar-refractivity contribution >= 4 is 39.1 Å². The smallest absolute Gasteiger partial charge is 0.264 e. The Bertz CT molecular complexity index is 1760. The van der Waals surface area contributed by atoms with Crippen molar-refractivity contribution in [3.63, 3.8) is 0 Å². The number of carbonyl (C=O) groups is 2. The molecule has 1 N–H and O–H groups in total. The van der Waals surface area contributed by atoms with Crippen LogP contribution in [0.3, 0.4) is 0 Å². The zero-order chi connectivity index (χ0) is 33.4. The minimum absolute atomic E-state index is 0.0107. The second-order valence-electron chi connectivity index (χ2n) is 12.3. The zero-order valence-electron chi connectivity index (χ0n) is 26.9. The molecule has 1 saturated carbocycles. The summed E-state index contributed by atoms with van der Waals surface area (Å²) < 4.78 is 29.5. The fraction of sp³-hybridized carbons (Fsp3) is 0.316. The molecule has 0 bridgehead atoms. The first-order chi connectivity index (χ1) is 22.6. The van der Waals surface area contributed by atoms with Gasteiger partial charge in [0.15, 0.2) is 0 Å². The average molecular weight is 672 g/mol. The third-order valence-corrected chi connectivity index (χ3v) is 10.9. The highest BCUT2D eigenvalue weighted by Crippen LogP contribution is 2.27. The number of hydrogen-bond donors (Lipinski definition) is 1. The van der Waals surface area contributed by atoms with Crippen LogP contribution in [0.5, 0.6) is 0 Å². The molecule has 47 heavy (non-hydrogen) atoms. The summed E-state index contributed by atoms with van der Waals surface area (Å²) in [6, 6.07) is 29.5. The molecule has 1 atom stereocenters. The molecule has 4 aromatic carbocycles. The van der Waals surface area contributed by atoms with Gasteiger partial charge in [0.05, 0.1) is 10.6 Å². The monoisotopic (exact) mass is 671 g/mol. The summed E-state index contributed by atoms with van der Waals surface area (Å²) in [5.41, 5.74) is 4.06. The zero-order valence-corrected chi connectivity index (χ0v) is 28.5. The van der Waals surface area contributed by atoms with Gasteiger partial charge >= 0.3 is 0 Å². The Morgan fingerprint density at radius 3 is 2.13 bits per heavy atom. The van der Waals surface area contributed by atoms with E-state index in [2.05, 4.69) is 5.32 Å². The minimum Gasteiger partial charge on any atom is -0.352 e. The van der Waals surface area contributed by atoms with Crippen LogP contribution in [0, 0.1) is 13.8 Å². The first kappa shape index (κ1) is 34.2. The molecule has 9 heteroatoms. The molecule has 7 nitrogen and oxygen atoms in total. The van der Waals surface area contributed by atoms with Crippen LogP contribution in [-0.2, 0) is 32.6 Å². The number of hydrogen-bond acceptors (Lipinski definition) is 4. The maximum Gasteiger partial charge on any atom is 0.264 e. The van der Waals surface area contributed by atoms with Gasteiger partial charge in [-0.25, -0.2) is 8.42 Å². The Labute approximate surface area is 283 Å². The SMILES string of the molecule is Cc1ccc(N(CC(=O)N(Cc2ccccc2C)[C@H](Cc2ccccc2)C(=O)NC2CCCCC2)S(=O)(=O)c2ccc(Cl)cc2)cc1. The van der Waals surface area contributed by atoms with Crippen molar-refractivity contribution in [2.75, 3.05) is 10.8 Å². The number of nitrogens with one attached hydrogen (secondary N) is 1. The highest BCUT2D eigenvalue weighted by Gasteiger charge is 2.35. The van der Waals surface area contributed by atoms with Gasteiger partial charge in [0, 0.05) is 24.0 Å². The summed E-state index contributed by atoms with van der Waals surface area (Å²) in [4.78, 5) is 30.5. The van der Waals surface area contributed by atoms with Gasteiger partial charge in [-0.2, -0.15) is 0 Å². The molecule has 4 aromatic rings. The molecule has 246 valence electrons. The van der Waals surface area contributed by atoms with Gasteiger partial charge in [-0.1, -0.05) is 103 Å². The lowest BCUT2D eigenvalue weighted by Gasteiger charge is -2.35. The van der Waals surface area contributed by atoms with Gasteiger partial charge in [-0.3, -0.25) is 13.9 Å². The van der Waals surface area contributed by atoms with Crippen molar-refractivity contribution in [3.05, 3.63) is 130 Å². The predicted octanol–water partition coefficient (Wildman–Crippen LogP) is 7.24. The first-order valence-corrected chi connectivity index (χ1v) is 18.0. The standard InChI is InChI=1S/C38H42ClN3O4S/c1-28-17-21-34(22-18-28)42(47(45,46)35-23-19-32(39)20-24-35)27-37(43)41(26-31-14-10-9-11-29(31)2)36(25-30-12-5-3-6-13-30)38(44)40-33-15-7-4-8-16-33/h3,5-6,9-14,17-24,33,36H,4,7-8,15-16,25-27H2,1-2H3,(H,40,44)/t36-/m1/s1. The summed E-state index contributed by atoms with van der Waals surface area (Å²) in [5, 5.41) is 3.65. The Hall–Kier alpha value is -4.14. The summed E-state index contributed by atoms with van der Waals surface area (Å²) >= 11 is 6.09. The fourth-order valence-electron chi connectivity index (χ4n) is 6.04. The van der Waals surface area contributed by atoms with Crippen LogP contribution in [0.15, 0.2) is 108 Å². The van der Waals surface area contributed by atoms with Gasteiger partial charge in [0.25, 0.3) is 10.0 Å². The van der Waals surface area contributed by atoms with E-state index in [1.54, 1.807) is 17.0 Å². The third kappa shape index (κ3) is 8.82. The number of aryl methyl sites for hydroxylation is 2. The van der Waals surface area contributed by atoms with Gasteiger partial charge < -0.3 is 10.2 Å².